The SMILES string of the molecule is CCN(CC)C(=O)C1=C(C)N=c2s/c(=C/c3ccc(OCc4cccc5ccccc45)c(OC)c3)c(=O)n2[C@@H]1c1ccccc1OC. The molecule has 9 heteroatoms. The van der Waals surface area contributed by atoms with Gasteiger partial charge in [-0.2, -0.15) is 0 Å². The average molecular weight is 648 g/mol. The van der Waals surface area contributed by atoms with E-state index in [0.717, 1.165) is 27.5 Å². The predicted octanol–water partition coefficient (Wildman–Crippen LogP) is 5.85. The fraction of sp³-hybridized carbons (Fsp3) is 0.237. The van der Waals surface area contributed by atoms with Crippen LogP contribution in [-0.2, 0) is 11.4 Å². The number of thiazole rings is 1. The van der Waals surface area contributed by atoms with Crippen molar-refractivity contribution in [2.45, 2.75) is 33.4 Å². The number of rotatable bonds is 10. The second kappa shape index (κ2) is 13.7. The second-order valence-corrected chi connectivity index (χ2v) is 12.1. The summed E-state index contributed by atoms with van der Waals surface area (Å²) < 4.78 is 19.7. The van der Waals surface area contributed by atoms with Crippen LogP contribution in [0.1, 0.15) is 43.5 Å². The van der Waals surface area contributed by atoms with Gasteiger partial charge in [0, 0.05) is 18.7 Å². The van der Waals surface area contributed by atoms with Gasteiger partial charge in [-0.3, -0.25) is 14.2 Å². The fourth-order valence-corrected chi connectivity index (χ4v) is 7.13. The quantitative estimate of drug-likeness (QED) is 0.190. The molecule has 0 fully saturated rings. The minimum Gasteiger partial charge on any atom is -0.496 e. The largest absolute Gasteiger partial charge is 0.496 e. The van der Waals surface area contributed by atoms with E-state index in [-0.39, 0.29) is 11.5 Å². The lowest BCUT2D eigenvalue weighted by atomic mass is 9.94. The third-order valence-corrected chi connectivity index (χ3v) is 9.47. The number of nitrogens with zero attached hydrogens (tertiary/aromatic N) is 3. The Labute approximate surface area is 277 Å². The Balaban J connectivity index is 1.39. The highest BCUT2D eigenvalue weighted by atomic mass is 32.1. The Hall–Kier alpha value is -5.15. The molecule has 4 aromatic carbocycles. The summed E-state index contributed by atoms with van der Waals surface area (Å²) in [4.78, 5) is 35.2. The monoisotopic (exact) mass is 647 g/mol. The number of para-hydroxylation sites is 1. The van der Waals surface area contributed by atoms with E-state index in [1.807, 2.05) is 87.5 Å². The third kappa shape index (κ3) is 6.06. The van der Waals surface area contributed by atoms with Crippen LogP contribution >= 0.6 is 11.3 Å². The maximum atomic E-state index is 14.2. The molecule has 0 bridgehead atoms. The zero-order chi connectivity index (χ0) is 33.1. The van der Waals surface area contributed by atoms with Crippen LogP contribution in [0.3, 0.4) is 0 Å². The number of aromatic nitrogens is 1. The van der Waals surface area contributed by atoms with Crippen molar-refractivity contribution in [3.8, 4) is 17.2 Å². The Morgan fingerprint density at radius 2 is 1.64 bits per heavy atom. The van der Waals surface area contributed by atoms with Crippen molar-refractivity contribution < 1.29 is 19.0 Å². The zero-order valence-electron chi connectivity index (χ0n) is 27.2. The van der Waals surface area contributed by atoms with Gasteiger partial charge >= 0.3 is 0 Å². The second-order valence-electron chi connectivity index (χ2n) is 11.1. The van der Waals surface area contributed by atoms with Crippen LogP contribution in [0.15, 0.2) is 106 Å². The molecule has 6 rings (SSSR count). The first-order valence-electron chi connectivity index (χ1n) is 15.6. The van der Waals surface area contributed by atoms with Crippen LogP contribution in [-0.4, -0.2) is 42.7 Å². The van der Waals surface area contributed by atoms with Crippen molar-refractivity contribution in [2.24, 2.45) is 4.99 Å². The van der Waals surface area contributed by atoms with Gasteiger partial charge in [-0.1, -0.05) is 78.1 Å². The number of fused-ring (bicyclic) bond motifs is 2. The summed E-state index contributed by atoms with van der Waals surface area (Å²) in [5, 5.41) is 2.30. The van der Waals surface area contributed by atoms with Crippen LogP contribution in [0.4, 0.5) is 0 Å². The Morgan fingerprint density at radius 1 is 0.915 bits per heavy atom. The topological polar surface area (TPSA) is 82.4 Å². The molecule has 0 unspecified atom stereocenters. The van der Waals surface area contributed by atoms with Crippen molar-refractivity contribution in [3.63, 3.8) is 0 Å². The van der Waals surface area contributed by atoms with E-state index in [4.69, 9.17) is 19.2 Å². The van der Waals surface area contributed by atoms with Gasteiger partial charge in [0.25, 0.3) is 11.5 Å². The standard InChI is InChI=1S/C38H37N3O5S/c1-6-40(7-2)37(43)34-24(3)39-38-41(35(34)29-17-10-11-18-30(29)44-4)36(42)33(47-38)22-25-19-20-31(32(21-25)45-5)46-23-27-15-12-14-26-13-8-9-16-28(26)27/h8-22,35H,6-7,23H2,1-5H3/b33-22+/t35-/m1/s1. The fourth-order valence-electron chi connectivity index (χ4n) is 6.08. The van der Waals surface area contributed by atoms with Crippen LogP contribution in [0.5, 0.6) is 17.2 Å². The minimum absolute atomic E-state index is 0.148. The summed E-state index contributed by atoms with van der Waals surface area (Å²) in [5.74, 6) is 1.60. The molecule has 5 aromatic rings. The molecular weight excluding hydrogens is 611 g/mol. The molecule has 1 aliphatic rings. The number of likely N-dealkylation sites (N-methyl/N-ethyl adjacent to an activating group) is 1. The summed E-state index contributed by atoms with van der Waals surface area (Å²) in [6.07, 6.45) is 1.82. The molecule has 8 nitrogen and oxygen atoms in total. The Morgan fingerprint density at radius 3 is 2.40 bits per heavy atom. The van der Waals surface area contributed by atoms with Gasteiger partial charge in [-0.25, -0.2) is 4.99 Å². The summed E-state index contributed by atoms with van der Waals surface area (Å²) in [6, 6.07) is 26.8. The molecule has 2 heterocycles. The van der Waals surface area contributed by atoms with E-state index in [1.54, 1.807) is 23.7 Å². The number of amides is 1. The maximum absolute atomic E-state index is 14.2. The summed E-state index contributed by atoms with van der Waals surface area (Å²) in [5.41, 5.74) is 3.38. The molecule has 0 N–H and O–H groups in total. The first kappa shape index (κ1) is 31.8. The lowest BCUT2D eigenvalue weighted by Crippen LogP contribution is -2.43. The average Bonchev–Trinajstić information content (AvgIpc) is 3.40. The van der Waals surface area contributed by atoms with E-state index in [2.05, 4.69) is 24.3 Å². The van der Waals surface area contributed by atoms with Gasteiger partial charge < -0.3 is 19.1 Å². The van der Waals surface area contributed by atoms with Gasteiger partial charge in [-0.05, 0) is 66.9 Å². The van der Waals surface area contributed by atoms with Crippen molar-refractivity contribution in [2.75, 3.05) is 27.3 Å². The highest BCUT2D eigenvalue weighted by Gasteiger charge is 2.35. The van der Waals surface area contributed by atoms with Gasteiger partial charge in [0.15, 0.2) is 16.3 Å². The molecule has 47 heavy (non-hydrogen) atoms. The van der Waals surface area contributed by atoms with E-state index < -0.39 is 6.04 Å². The number of allylic oxidation sites excluding steroid dienone is 1. The Kier molecular flexibility index (Phi) is 9.26. The van der Waals surface area contributed by atoms with Gasteiger partial charge in [0.05, 0.1) is 30.0 Å². The van der Waals surface area contributed by atoms with Gasteiger partial charge in [0.2, 0.25) is 0 Å². The van der Waals surface area contributed by atoms with Crippen molar-refractivity contribution in [1.82, 2.24) is 9.47 Å². The molecule has 0 spiro atoms. The van der Waals surface area contributed by atoms with Crippen molar-refractivity contribution in [1.29, 1.82) is 0 Å². The number of ether oxygens (including phenoxy) is 3. The summed E-state index contributed by atoms with van der Waals surface area (Å²) in [6.45, 7) is 7.18. The summed E-state index contributed by atoms with van der Waals surface area (Å²) >= 11 is 1.29. The van der Waals surface area contributed by atoms with E-state index in [1.165, 1.54) is 11.3 Å². The van der Waals surface area contributed by atoms with E-state index in [0.29, 0.717) is 57.5 Å². The summed E-state index contributed by atoms with van der Waals surface area (Å²) in [7, 11) is 3.19. The molecular formula is C38H37N3O5S. The first-order valence-corrected chi connectivity index (χ1v) is 16.4. The predicted molar refractivity (Wildman–Crippen MR) is 186 cm³/mol. The van der Waals surface area contributed by atoms with Crippen LogP contribution in [0.25, 0.3) is 16.8 Å². The first-order chi connectivity index (χ1) is 22.9. The molecule has 1 aliphatic heterocycles. The molecule has 1 atom stereocenters. The number of hydrogen-bond acceptors (Lipinski definition) is 7. The lowest BCUT2D eigenvalue weighted by Gasteiger charge is -2.29. The van der Waals surface area contributed by atoms with E-state index >= 15 is 0 Å². The number of hydrogen-bond donors (Lipinski definition) is 0. The molecule has 0 saturated heterocycles. The molecule has 0 aliphatic carbocycles. The smallest absolute Gasteiger partial charge is 0.271 e. The molecule has 1 amide bonds. The minimum atomic E-state index is -0.697. The highest BCUT2D eigenvalue weighted by molar-refractivity contribution is 7.07. The van der Waals surface area contributed by atoms with Crippen LogP contribution in [0, 0.1) is 0 Å². The van der Waals surface area contributed by atoms with E-state index in [9.17, 15) is 9.59 Å². The zero-order valence-corrected chi connectivity index (χ0v) is 28.0. The number of methoxy groups -OCH3 is 2. The number of carbonyl (C=O) groups is 1. The van der Waals surface area contributed by atoms with Crippen molar-refractivity contribution >= 4 is 34.1 Å². The number of benzene rings is 4. The third-order valence-electron chi connectivity index (χ3n) is 8.48. The maximum Gasteiger partial charge on any atom is 0.271 e. The lowest BCUT2D eigenvalue weighted by molar-refractivity contribution is -0.127. The number of carbonyl (C=O) groups excluding carboxylic acids is 1. The Bertz CT molecular complexity index is 2170. The molecule has 1 aromatic heterocycles. The molecule has 0 radical (unpaired) electrons. The normalized spacial score (nSPS) is 14.5. The highest BCUT2D eigenvalue weighted by Crippen LogP contribution is 2.36. The van der Waals surface area contributed by atoms with Crippen LogP contribution in [0.2, 0.25) is 0 Å². The van der Waals surface area contributed by atoms with Gasteiger partial charge in [0.1, 0.15) is 18.4 Å². The van der Waals surface area contributed by atoms with Gasteiger partial charge in [-0.15, -0.1) is 0 Å². The van der Waals surface area contributed by atoms with Crippen LogP contribution < -0.4 is 29.1 Å². The molecule has 0 saturated carbocycles. The van der Waals surface area contributed by atoms with Crippen molar-refractivity contribution in [3.05, 3.63) is 133 Å². The molecule has 240 valence electrons.